The Balaban J connectivity index is 1.10. The van der Waals surface area contributed by atoms with Crippen molar-refractivity contribution in [2.24, 2.45) is 0 Å². The van der Waals surface area contributed by atoms with Crippen molar-refractivity contribution in [2.45, 2.75) is 24.4 Å². The van der Waals surface area contributed by atoms with Gasteiger partial charge in [0.25, 0.3) is 0 Å². The number of carbonyl (C=O) groups is 1. The summed E-state index contributed by atoms with van der Waals surface area (Å²) in [6, 6.07) is 21.7. The van der Waals surface area contributed by atoms with Gasteiger partial charge in [-0.25, -0.2) is 4.79 Å². The summed E-state index contributed by atoms with van der Waals surface area (Å²) in [5, 5.41) is 9.49. The van der Waals surface area contributed by atoms with Crippen molar-refractivity contribution in [3.8, 4) is 23.0 Å². The quantitative estimate of drug-likeness (QED) is 0.345. The SMILES string of the molecule is COc1cc(NC(=S)NC2COC3C(OC(=O)Nc4ccc(Oc5ccccc5)cc4)COC23)cc(OC)c1. The molecule has 39 heavy (non-hydrogen) atoms. The van der Waals surface area contributed by atoms with Crippen LogP contribution in [-0.4, -0.2) is 63.0 Å². The number of methoxy groups -OCH3 is 2. The van der Waals surface area contributed by atoms with E-state index in [0.717, 1.165) is 5.75 Å². The van der Waals surface area contributed by atoms with E-state index in [9.17, 15) is 4.79 Å². The van der Waals surface area contributed by atoms with Crippen LogP contribution in [0.2, 0.25) is 0 Å². The number of carbonyl (C=O) groups excluding carboxylic acids is 1. The highest BCUT2D eigenvalue weighted by Crippen LogP contribution is 2.30. The largest absolute Gasteiger partial charge is 0.497 e. The third-order valence-corrected chi connectivity index (χ3v) is 6.49. The zero-order chi connectivity index (χ0) is 27.2. The van der Waals surface area contributed by atoms with Gasteiger partial charge in [-0.05, 0) is 48.6 Å². The summed E-state index contributed by atoms with van der Waals surface area (Å²) in [7, 11) is 3.16. The molecule has 2 saturated heterocycles. The van der Waals surface area contributed by atoms with E-state index >= 15 is 0 Å². The van der Waals surface area contributed by atoms with Gasteiger partial charge in [0.2, 0.25) is 0 Å². The molecule has 3 aromatic rings. The summed E-state index contributed by atoms with van der Waals surface area (Å²) in [4.78, 5) is 12.6. The highest BCUT2D eigenvalue weighted by atomic mass is 32.1. The first-order valence-corrected chi connectivity index (χ1v) is 12.8. The Hall–Kier alpha value is -4.06. The molecule has 0 bridgehead atoms. The van der Waals surface area contributed by atoms with Crippen LogP contribution in [0, 0.1) is 0 Å². The van der Waals surface area contributed by atoms with Gasteiger partial charge in [-0.15, -0.1) is 0 Å². The topological polar surface area (TPSA) is 109 Å². The molecule has 0 saturated carbocycles. The second-order valence-corrected chi connectivity index (χ2v) is 9.32. The summed E-state index contributed by atoms with van der Waals surface area (Å²) in [5.41, 5.74) is 1.29. The maximum absolute atomic E-state index is 12.6. The first-order valence-electron chi connectivity index (χ1n) is 12.3. The predicted molar refractivity (Wildman–Crippen MR) is 149 cm³/mol. The van der Waals surface area contributed by atoms with Gasteiger partial charge in [0.05, 0.1) is 33.5 Å². The summed E-state index contributed by atoms with van der Waals surface area (Å²) in [5.74, 6) is 2.66. The number of hydrogen-bond acceptors (Lipinski definition) is 8. The molecule has 204 valence electrons. The number of para-hydroxylation sites is 1. The van der Waals surface area contributed by atoms with Crippen LogP contribution in [0.15, 0.2) is 72.8 Å². The van der Waals surface area contributed by atoms with E-state index in [4.69, 9.17) is 40.6 Å². The van der Waals surface area contributed by atoms with Gasteiger partial charge in [0, 0.05) is 29.6 Å². The fraction of sp³-hybridized carbons (Fsp3) is 0.286. The van der Waals surface area contributed by atoms with E-state index in [0.29, 0.717) is 40.3 Å². The predicted octanol–water partition coefficient (Wildman–Crippen LogP) is 4.57. The summed E-state index contributed by atoms with van der Waals surface area (Å²) >= 11 is 5.49. The van der Waals surface area contributed by atoms with Crippen LogP contribution in [0.3, 0.4) is 0 Å². The Labute approximate surface area is 231 Å². The van der Waals surface area contributed by atoms with Crippen molar-refractivity contribution in [3.63, 3.8) is 0 Å². The molecule has 3 N–H and O–H groups in total. The summed E-state index contributed by atoms with van der Waals surface area (Å²) < 4.78 is 33.8. The van der Waals surface area contributed by atoms with Gasteiger partial charge in [-0.1, -0.05) is 18.2 Å². The molecule has 2 aliphatic rings. The van der Waals surface area contributed by atoms with E-state index in [1.165, 1.54) is 0 Å². The average Bonchev–Trinajstić information content (AvgIpc) is 3.53. The van der Waals surface area contributed by atoms with Crippen molar-refractivity contribution in [1.29, 1.82) is 0 Å². The molecule has 4 unspecified atom stereocenters. The smallest absolute Gasteiger partial charge is 0.412 e. The second kappa shape index (κ2) is 12.2. The van der Waals surface area contributed by atoms with Gasteiger partial charge in [0.1, 0.15) is 35.2 Å². The Morgan fingerprint density at radius 2 is 1.46 bits per heavy atom. The zero-order valence-electron chi connectivity index (χ0n) is 21.4. The number of anilines is 2. The third-order valence-electron chi connectivity index (χ3n) is 6.27. The van der Waals surface area contributed by atoms with Crippen LogP contribution in [-0.2, 0) is 14.2 Å². The number of hydrogen-bond donors (Lipinski definition) is 3. The van der Waals surface area contributed by atoms with Crippen molar-refractivity contribution in [2.75, 3.05) is 38.1 Å². The lowest BCUT2D eigenvalue weighted by atomic mass is 10.1. The van der Waals surface area contributed by atoms with Gasteiger partial charge >= 0.3 is 6.09 Å². The number of benzene rings is 3. The van der Waals surface area contributed by atoms with E-state index in [1.54, 1.807) is 44.6 Å². The Morgan fingerprint density at radius 3 is 2.15 bits per heavy atom. The standard InChI is InChI=1S/C28H29N3O7S/c1-33-21-12-18(13-22(14-21)34-2)29-27(39)31-23-15-35-26-24(16-36-25(23)26)38-28(32)30-17-8-10-20(11-9-17)37-19-6-4-3-5-7-19/h3-14,23-26H,15-16H2,1-2H3,(H,30,32)(H2,29,31,39). The minimum absolute atomic E-state index is 0.212. The summed E-state index contributed by atoms with van der Waals surface area (Å²) in [6.07, 6.45) is -1.87. The van der Waals surface area contributed by atoms with Gasteiger partial charge in [-0.3, -0.25) is 5.32 Å². The fourth-order valence-electron chi connectivity index (χ4n) is 4.42. The molecule has 11 heteroatoms. The maximum Gasteiger partial charge on any atom is 0.412 e. The second-order valence-electron chi connectivity index (χ2n) is 8.91. The number of nitrogens with one attached hydrogen (secondary N) is 3. The first kappa shape index (κ1) is 26.5. The highest BCUT2D eigenvalue weighted by molar-refractivity contribution is 7.80. The zero-order valence-corrected chi connectivity index (χ0v) is 22.2. The van der Waals surface area contributed by atoms with Gasteiger partial charge in [0.15, 0.2) is 11.2 Å². The molecular weight excluding hydrogens is 522 g/mol. The Bertz CT molecular complexity index is 1270. The monoisotopic (exact) mass is 551 g/mol. The minimum Gasteiger partial charge on any atom is -0.497 e. The highest BCUT2D eigenvalue weighted by Gasteiger charge is 2.49. The molecule has 2 fully saturated rings. The Morgan fingerprint density at radius 1 is 0.795 bits per heavy atom. The van der Waals surface area contributed by atoms with Crippen LogP contribution < -0.4 is 30.2 Å². The molecule has 2 heterocycles. The molecule has 10 nitrogen and oxygen atoms in total. The first-order chi connectivity index (χ1) is 19.0. The minimum atomic E-state index is -0.592. The van der Waals surface area contributed by atoms with Gasteiger partial charge < -0.3 is 39.1 Å². The lowest BCUT2D eigenvalue weighted by Gasteiger charge is -2.20. The molecule has 0 spiro atoms. The molecule has 4 atom stereocenters. The number of rotatable bonds is 8. The van der Waals surface area contributed by atoms with Crippen LogP contribution in [0.25, 0.3) is 0 Å². The normalized spacial score (nSPS) is 21.4. The van der Waals surface area contributed by atoms with Crippen LogP contribution in [0.5, 0.6) is 23.0 Å². The van der Waals surface area contributed by atoms with E-state index in [1.807, 2.05) is 42.5 Å². The van der Waals surface area contributed by atoms with Crippen LogP contribution in [0.4, 0.5) is 16.2 Å². The molecular formula is C28H29N3O7S. The summed E-state index contributed by atoms with van der Waals surface area (Å²) in [6.45, 7) is 0.570. The lowest BCUT2D eigenvalue weighted by Crippen LogP contribution is -2.46. The molecule has 3 aromatic carbocycles. The lowest BCUT2D eigenvalue weighted by molar-refractivity contribution is 0.00880. The number of fused-ring (bicyclic) bond motifs is 1. The van der Waals surface area contributed by atoms with Gasteiger partial charge in [-0.2, -0.15) is 0 Å². The van der Waals surface area contributed by atoms with E-state index < -0.39 is 18.3 Å². The Kier molecular flexibility index (Phi) is 8.30. The molecule has 2 aliphatic heterocycles. The molecule has 0 aliphatic carbocycles. The van der Waals surface area contributed by atoms with Crippen LogP contribution >= 0.6 is 12.2 Å². The van der Waals surface area contributed by atoms with Crippen LogP contribution in [0.1, 0.15) is 0 Å². The number of thiocarbonyl (C=S) groups is 1. The molecule has 1 amide bonds. The molecule has 0 radical (unpaired) electrons. The molecule has 5 rings (SSSR count). The third kappa shape index (κ3) is 6.69. The van der Waals surface area contributed by atoms with Crippen molar-refractivity contribution in [3.05, 3.63) is 72.8 Å². The maximum atomic E-state index is 12.6. The van der Waals surface area contributed by atoms with Crippen molar-refractivity contribution >= 4 is 34.8 Å². The number of ether oxygens (including phenoxy) is 6. The van der Waals surface area contributed by atoms with E-state index in [2.05, 4.69) is 16.0 Å². The molecule has 0 aromatic heterocycles. The fourth-order valence-corrected chi connectivity index (χ4v) is 4.69. The van der Waals surface area contributed by atoms with Crippen molar-refractivity contribution in [1.82, 2.24) is 5.32 Å². The average molecular weight is 552 g/mol. The number of amides is 1. The van der Waals surface area contributed by atoms with E-state index in [-0.39, 0.29) is 18.8 Å². The van der Waals surface area contributed by atoms with Crippen molar-refractivity contribution < 1.29 is 33.2 Å².